The van der Waals surface area contributed by atoms with Gasteiger partial charge in [-0.3, -0.25) is 0 Å². The normalized spacial score (nSPS) is 38.4. The third kappa shape index (κ3) is 3.31. The molecule has 3 fully saturated rings. The third-order valence-electron chi connectivity index (χ3n) is 4.64. The van der Waals surface area contributed by atoms with Crippen LogP contribution in [0.5, 0.6) is 0 Å². The average Bonchev–Trinajstić information content (AvgIpc) is 2.36. The molecule has 6 heteroatoms. The molecule has 0 heterocycles. The Kier molecular flexibility index (Phi) is 4.38. The van der Waals surface area contributed by atoms with E-state index < -0.39 is 27.8 Å². The van der Waals surface area contributed by atoms with Gasteiger partial charge in [-0.05, 0) is 65.0 Å². The van der Waals surface area contributed by atoms with Gasteiger partial charge in [0, 0.05) is 11.8 Å². The number of hydrogen-bond acceptors (Lipinski definition) is 4. The molecule has 3 aliphatic carbocycles. The van der Waals surface area contributed by atoms with Crippen molar-refractivity contribution in [3.63, 3.8) is 0 Å². The van der Waals surface area contributed by atoms with Gasteiger partial charge in [-0.25, -0.2) is 0 Å². The van der Waals surface area contributed by atoms with Crippen LogP contribution in [0.1, 0.15) is 25.7 Å². The molecular weight excluding hydrogens is 308 g/mol. The van der Waals surface area contributed by atoms with E-state index in [1.165, 1.54) is 0 Å². The van der Waals surface area contributed by atoms with Crippen LogP contribution in [0, 0.1) is 34.5 Å². The Balaban J connectivity index is 2.31. The third-order valence-corrected chi connectivity index (χ3v) is 6.59. The molecule has 122 valence electrons. The molecule has 3 rings (SSSR count). The molecule has 4 nitrogen and oxygen atoms in total. The molecule has 3 aliphatic rings. The maximum absolute atomic E-state index is 9.83. The fraction of sp³-hybridized carbons (Fsp3) is 0.875. The summed E-state index contributed by atoms with van der Waals surface area (Å²) in [6.45, 7) is 12.8. The van der Waals surface area contributed by atoms with Crippen LogP contribution < -0.4 is 0 Å². The molecular formula is C16H28N2O2Si2. The lowest BCUT2D eigenvalue weighted by Gasteiger charge is -2.56. The molecule has 0 radical (unpaired) electrons. The van der Waals surface area contributed by atoms with Crippen LogP contribution in [0.25, 0.3) is 0 Å². The predicted molar refractivity (Wildman–Crippen MR) is 91.0 cm³/mol. The highest BCUT2D eigenvalue weighted by atomic mass is 28.4. The first-order valence-electron chi connectivity index (χ1n) is 8.18. The van der Waals surface area contributed by atoms with Crippen molar-refractivity contribution >= 4 is 16.6 Å². The van der Waals surface area contributed by atoms with Gasteiger partial charge < -0.3 is 8.85 Å². The summed E-state index contributed by atoms with van der Waals surface area (Å²) < 4.78 is 12.7. The van der Waals surface area contributed by atoms with Crippen LogP contribution in [0.4, 0.5) is 0 Å². The largest absolute Gasteiger partial charge is 0.400 e. The Morgan fingerprint density at radius 1 is 0.773 bits per heavy atom. The predicted octanol–water partition coefficient (Wildman–Crippen LogP) is 4.03. The fourth-order valence-electron chi connectivity index (χ4n) is 4.13. The molecule has 3 saturated carbocycles. The summed E-state index contributed by atoms with van der Waals surface area (Å²) in [5.41, 5.74) is -1.40. The van der Waals surface area contributed by atoms with E-state index in [0.717, 1.165) is 12.8 Å². The van der Waals surface area contributed by atoms with Crippen LogP contribution >= 0.6 is 0 Å². The SMILES string of the molecule is C[Si](C)(C)OC1(C#N)C[C@@H]2CC[C@H]1CC2(C#N)O[Si](C)(C)C. The molecule has 22 heavy (non-hydrogen) atoms. The molecule has 0 aromatic heterocycles. The summed E-state index contributed by atoms with van der Waals surface area (Å²) in [5.74, 6) is 0.232. The Hall–Kier alpha value is -0.666. The van der Waals surface area contributed by atoms with E-state index in [9.17, 15) is 10.5 Å². The van der Waals surface area contributed by atoms with E-state index in [0.29, 0.717) is 12.8 Å². The van der Waals surface area contributed by atoms with Crippen molar-refractivity contribution in [3.05, 3.63) is 0 Å². The van der Waals surface area contributed by atoms with Gasteiger partial charge in [0.25, 0.3) is 0 Å². The Labute approximate surface area is 136 Å². The first-order chi connectivity index (χ1) is 9.95. The summed E-state index contributed by atoms with van der Waals surface area (Å²) >= 11 is 0. The Bertz CT molecular complexity index is 478. The summed E-state index contributed by atoms with van der Waals surface area (Å²) in [7, 11) is -3.63. The molecule has 0 aromatic carbocycles. The second-order valence-corrected chi connectivity index (χ2v) is 17.7. The molecule has 0 aromatic rings. The van der Waals surface area contributed by atoms with Crippen molar-refractivity contribution in [3.8, 4) is 12.1 Å². The van der Waals surface area contributed by atoms with E-state index >= 15 is 0 Å². The van der Waals surface area contributed by atoms with E-state index in [1.54, 1.807) is 0 Å². The van der Waals surface area contributed by atoms with Crippen molar-refractivity contribution in [2.45, 2.75) is 76.2 Å². The minimum atomic E-state index is -1.82. The molecule has 4 atom stereocenters. The van der Waals surface area contributed by atoms with Crippen LogP contribution in [0.3, 0.4) is 0 Å². The molecule has 0 N–H and O–H groups in total. The molecule has 0 spiro atoms. The van der Waals surface area contributed by atoms with E-state index in [1.807, 2.05) is 0 Å². The number of rotatable bonds is 4. The molecule has 0 aliphatic heterocycles. The van der Waals surface area contributed by atoms with Gasteiger partial charge in [0.2, 0.25) is 0 Å². The van der Waals surface area contributed by atoms with Crippen LogP contribution in [-0.2, 0) is 8.85 Å². The van der Waals surface area contributed by atoms with Crippen molar-refractivity contribution in [2.75, 3.05) is 0 Å². The molecule has 0 amide bonds. The van der Waals surface area contributed by atoms with Crippen LogP contribution in [0.2, 0.25) is 39.3 Å². The maximum Gasteiger partial charge on any atom is 0.185 e. The van der Waals surface area contributed by atoms with Gasteiger partial charge in [0.1, 0.15) is 11.2 Å². The lowest BCUT2D eigenvalue weighted by Crippen LogP contribution is -2.63. The zero-order valence-electron chi connectivity index (χ0n) is 14.7. The summed E-state index contributed by atoms with van der Waals surface area (Å²) in [5, 5.41) is 19.7. The second kappa shape index (κ2) is 5.45. The minimum Gasteiger partial charge on any atom is -0.400 e. The van der Waals surface area contributed by atoms with Gasteiger partial charge in [-0.2, -0.15) is 10.5 Å². The van der Waals surface area contributed by atoms with E-state index in [2.05, 4.69) is 51.4 Å². The van der Waals surface area contributed by atoms with Gasteiger partial charge in [-0.15, -0.1) is 0 Å². The quantitative estimate of drug-likeness (QED) is 0.727. The van der Waals surface area contributed by atoms with E-state index in [4.69, 9.17) is 8.85 Å². The smallest absolute Gasteiger partial charge is 0.185 e. The van der Waals surface area contributed by atoms with E-state index in [-0.39, 0.29) is 11.8 Å². The molecule has 2 bridgehead atoms. The highest BCUT2D eigenvalue weighted by Gasteiger charge is 2.61. The number of nitriles is 2. The lowest BCUT2D eigenvalue weighted by molar-refractivity contribution is -0.124. The monoisotopic (exact) mass is 336 g/mol. The van der Waals surface area contributed by atoms with Gasteiger partial charge in [0.15, 0.2) is 16.6 Å². The lowest BCUT2D eigenvalue weighted by atomic mass is 9.56. The first kappa shape index (κ1) is 17.7. The number of fused-ring (bicyclic) bond motifs is 3. The topological polar surface area (TPSA) is 66.0 Å². The van der Waals surface area contributed by atoms with Gasteiger partial charge in [0.05, 0.1) is 12.1 Å². The highest BCUT2D eigenvalue weighted by molar-refractivity contribution is 6.70. The highest BCUT2D eigenvalue weighted by Crippen LogP contribution is 2.56. The summed E-state index contributed by atoms with van der Waals surface area (Å²) in [6, 6.07) is 4.98. The van der Waals surface area contributed by atoms with Crippen molar-refractivity contribution in [2.24, 2.45) is 11.8 Å². The zero-order valence-corrected chi connectivity index (χ0v) is 16.7. The Morgan fingerprint density at radius 2 is 1.09 bits per heavy atom. The Morgan fingerprint density at radius 3 is 1.27 bits per heavy atom. The van der Waals surface area contributed by atoms with Crippen molar-refractivity contribution in [1.82, 2.24) is 0 Å². The first-order valence-corrected chi connectivity index (χ1v) is 15.0. The maximum atomic E-state index is 9.83. The van der Waals surface area contributed by atoms with Crippen LogP contribution in [-0.4, -0.2) is 27.8 Å². The van der Waals surface area contributed by atoms with Crippen LogP contribution in [0.15, 0.2) is 0 Å². The number of nitrogens with zero attached hydrogens (tertiary/aromatic N) is 2. The van der Waals surface area contributed by atoms with Gasteiger partial charge in [-0.1, -0.05) is 0 Å². The zero-order chi connectivity index (χ0) is 16.8. The summed E-state index contributed by atoms with van der Waals surface area (Å²) in [6.07, 6.45) is 3.25. The van der Waals surface area contributed by atoms with Crippen molar-refractivity contribution < 1.29 is 8.85 Å². The number of hydrogen-bond donors (Lipinski definition) is 0. The van der Waals surface area contributed by atoms with Gasteiger partial charge >= 0.3 is 0 Å². The molecule has 0 saturated heterocycles. The summed E-state index contributed by atoms with van der Waals surface area (Å²) in [4.78, 5) is 0. The van der Waals surface area contributed by atoms with Crippen molar-refractivity contribution in [1.29, 1.82) is 10.5 Å². The standard InChI is InChI=1S/C16H28N2O2Si2/c1-21(2,3)19-15(11-17)9-14-8-7-13(15)10-16(14,12-18)20-22(4,5)6/h13-14H,7-10H2,1-6H3/t13-,14-,15?,16?/m0/s1. The second-order valence-electron chi connectivity index (χ2n) is 8.81. The fourth-order valence-corrected chi connectivity index (χ4v) is 6.91. The molecule has 2 unspecified atom stereocenters. The minimum absolute atomic E-state index is 0.116. The average molecular weight is 337 g/mol.